The van der Waals surface area contributed by atoms with E-state index < -0.39 is 0 Å². The number of ether oxygens (including phenoxy) is 1. The molecule has 1 aromatic carbocycles. The molecule has 3 aliphatic heterocycles. The van der Waals surface area contributed by atoms with Gasteiger partial charge in [0.1, 0.15) is 6.54 Å². The summed E-state index contributed by atoms with van der Waals surface area (Å²) in [4.78, 5) is 21.6. The van der Waals surface area contributed by atoms with Gasteiger partial charge < -0.3 is 19.9 Å². The van der Waals surface area contributed by atoms with Crippen molar-refractivity contribution in [2.75, 3.05) is 50.8 Å². The van der Waals surface area contributed by atoms with E-state index in [0.717, 1.165) is 70.3 Å². The van der Waals surface area contributed by atoms with Crippen molar-refractivity contribution >= 4 is 17.6 Å². The Labute approximate surface area is 155 Å². The van der Waals surface area contributed by atoms with E-state index in [4.69, 9.17) is 4.74 Å². The Morgan fingerprint density at radius 1 is 1.31 bits per heavy atom. The third kappa shape index (κ3) is 3.30. The molecule has 1 N–H and O–H groups in total. The number of nitrogens with one attached hydrogen (secondary N) is 1. The number of likely N-dealkylation sites (tertiary alicyclic amines) is 1. The van der Waals surface area contributed by atoms with Gasteiger partial charge in [0.15, 0.2) is 5.96 Å². The third-order valence-corrected chi connectivity index (χ3v) is 5.81. The molecule has 0 aromatic heterocycles. The molecule has 1 spiro atoms. The molecule has 3 heterocycles. The molecule has 0 bridgehead atoms. The number of anilines is 1. The number of carbonyl (C=O) groups is 1. The number of benzene rings is 1. The number of hydrogen-bond acceptors (Lipinski definition) is 3. The summed E-state index contributed by atoms with van der Waals surface area (Å²) in [5.74, 6) is 0.931. The summed E-state index contributed by atoms with van der Waals surface area (Å²) in [7, 11) is 0. The van der Waals surface area contributed by atoms with E-state index in [1.54, 1.807) is 0 Å². The van der Waals surface area contributed by atoms with E-state index in [1.165, 1.54) is 5.56 Å². The van der Waals surface area contributed by atoms with Gasteiger partial charge in [0, 0.05) is 43.9 Å². The Kier molecular flexibility index (Phi) is 4.85. The van der Waals surface area contributed by atoms with Gasteiger partial charge in [-0.3, -0.25) is 4.79 Å². The topological polar surface area (TPSA) is 57.2 Å². The van der Waals surface area contributed by atoms with Crippen molar-refractivity contribution in [3.63, 3.8) is 0 Å². The molecule has 26 heavy (non-hydrogen) atoms. The quantitative estimate of drug-likeness (QED) is 0.661. The third-order valence-electron chi connectivity index (χ3n) is 5.81. The Morgan fingerprint density at radius 3 is 3.00 bits per heavy atom. The molecule has 1 amide bonds. The molecule has 140 valence electrons. The smallest absolute Gasteiger partial charge is 0.248 e. The van der Waals surface area contributed by atoms with Crippen molar-refractivity contribution in [2.45, 2.75) is 26.2 Å². The van der Waals surface area contributed by atoms with Gasteiger partial charge in [0.25, 0.3) is 0 Å². The van der Waals surface area contributed by atoms with Gasteiger partial charge >= 0.3 is 0 Å². The zero-order valence-electron chi connectivity index (χ0n) is 15.5. The van der Waals surface area contributed by atoms with Crippen LogP contribution in [0.5, 0.6) is 0 Å². The minimum Gasteiger partial charge on any atom is -0.381 e. The number of carbonyl (C=O) groups excluding carboxylic acids is 1. The average Bonchev–Trinajstić information content (AvgIpc) is 3.39. The van der Waals surface area contributed by atoms with Gasteiger partial charge in [-0.05, 0) is 37.8 Å². The fourth-order valence-electron chi connectivity index (χ4n) is 4.34. The number of aliphatic imine (C=N–C) groups is 1. The first-order valence-corrected chi connectivity index (χ1v) is 9.70. The molecule has 6 heteroatoms. The highest BCUT2D eigenvalue weighted by molar-refractivity contribution is 5.98. The minimum absolute atomic E-state index is 0.0727. The standard InChI is InChI=1S/C20H28N4O2/c1-2-21-19(23-11-8-20(14-23)9-12-26-15-20)22-13-18(25)24-10-7-16-5-3-4-6-17(16)24/h3-6H,2,7-15H2,1H3,(H,21,22). The maximum atomic E-state index is 12.7. The lowest BCUT2D eigenvalue weighted by Crippen LogP contribution is -2.42. The number of nitrogens with zero attached hydrogens (tertiary/aromatic N) is 3. The maximum Gasteiger partial charge on any atom is 0.248 e. The van der Waals surface area contributed by atoms with Crippen molar-refractivity contribution < 1.29 is 9.53 Å². The summed E-state index contributed by atoms with van der Waals surface area (Å²) in [6.45, 7) is 7.50. The summed E-state index contributed by atoms with van der Waals surface area (Å²) in [5, 5.41) is 3.36. The molecule has 2 fully saturated rings. The number of rotatable bonds is 3. The van der Waals surface area contributed by atoms with Crippen LogP contribution in [0.25, 0.3) is 0 Å². The summed E-state index contributed by atoms with van der Waals surface area (Å²) in [5.41, 5.74) is 2.58. The van der Waals surface area contributed by atoms with Crippen molar-refractivity contribution in [3.8, 4) is 0 Å². The predicted molar refractivity (Wildman–Crippen MR) is 103 cm³/mol. The van der Waals surface area contributed by atoms with Crippen LogP contribution >= 0.6 is 0 Å². The molecule has 1 aromatic rings. The monoisotopic (exact) mass is 356 g/mol. The first-order chi connectivity index (χ1) is 12.7. The van der Waals surface area contributed by atoms with E-state index in [-0.39, 0.29) is 17.9 Å². The number of hydrogen-bond donors (Lipinski definition) is 1. The lowest BCUT2D eigenvalue weighted by Gasteiger charge is -2.25. The van der Waals surface area contributed by atoms with Crippen molar-refractivity contribution in [3.05, 3.63) is 29.8 Å². The molecule has 2 saturated heterocycles. The van der Waals surface area contributed by atoms with Gasteiger partial charge in [-0.25, -0.2) is 4.99 Å². The second kappa shape index (κ2) is 7.27. The lowest BCUT2D eigenvalue weighted by molar-refractivity contribution is -0.117. The molecule has 0 aliphatic carbocycles. The first kappa shape index (κ1) is 17.3. The van der Waals surface area contributed by atoms with Crippen molar-refractivity contribution in [1.29, 1.82) is 0 Å². The molecule has 3 aliphatic rings. The van der Waals surface area contributed by atoms with E-state index >= 15 is 0 Å². The normalized spacial score (nSPS) is 25.2. The first-order valence-electron chi connectivity index (χ1n) is 9.70. The van der Waals surface area contributed by atoms with Crippen molar-refractivity contribution in [2.24, 2.45) is 10.4 Å². The summed E-state index contributed by atoms with van der Waals surface area (Å²) >= 11 is 0. The van der Waals surface area contributed by atoms with Gasteiger partial charge in [-0.15, -0.1) is 0 Å². The maximum absolute atomic E-state index is 12.7. The lowest BCUT2D eigenvalue weighted by atomic mass is 9.87. The minimum atomic E-state index is 0.0727. The van der Waals surface area contributed by atoms with Crippen LogP contribution in [0, 0.1) is 5.41 Å². The van der Waals surface area contributed by atoms with Crippen molar-refractivity contribution in [1.82, 2.24) is 10.2 Å². The Balaban J connectivity index is 1.43. The van der Waals surface area contributed by atoms with Crippen LogP contribution in [0.15, 0.2) is 29.3 Å². The molecule has 0 saturated carbocycles. The molecule has 1 unspecified atom stereocenters. The highest BCUT2D eigenvalue weighted by Gasteiger charge is 2.42. The summed E-state index contributed by atoms with van der Waals surface area (Å²) in [6, 6.07) is 8.15. The van der Waals surface area contributed by atoms with E-state index in [1.807, 2.05) is 23.1 Å². The zero-order valence-corrected chi connectivity index (χ0v) is 15.5. The number of para-hydroxylation sites is 1. The molecule has 6 nitrogen and oxygen atoms in total. The van der Waals surface area contributed by atoms with Gasteiger partial charge in [0.2, 0.25) is 5.91 Å². The van der Waals surface area contributed by atoms with Crippen LogP contribution < -0.4 is 10.2 Å². The highest BCUT2D eigenvalue weighted by atomic mass is 16.5. The van der Waals surface area contributed by atoms with Crippen LogP contribution in [0.4, 0.5) is 5.69 Å². The SMILES string of the molecule is CCNC(=NCC(=O)N1CCc2ccccc21)N1CCC2(CCOC2)C1. The second-order valence-electron chi connectivity index (χ2n) is 7.57. The Bertz CT molecular complexity index is 697. The fourth-order valence-corrected chi connectivity index (χ4v) is 4.34. The van der Waals surface area contributed by atoms with Gasteiger partial charge in [0.05, 0.1) is 6.61 Å². The molecule has 1 atom stereocenters. The summed E-state index contributed by atoms with van der Waals surface area (Å²) < 4.78 is 5.62. The Morgan fingerprint density at radius 2 is 2.19 bits per heavy atom. The van der Waals surface area contributed by atoms with Crippen LogP contribution in [0.3, 0.4) is 0 Å². The zero-order chi connectivity index (χ0) is 18.0. The largest absolute Gasteiger partial charge is 0.381 e. The highest BCUT2D eigenvalue weighted by Crippen LogP contribution is 2.38. The molecule has 0 radical (unpaired) electrons. The molecular formula is C20H28N4O2. The average molecular weight is 356 g/mol. The van der Waals surface area contributed by atoms with E-state index in [9.17, 15) is 4.79 Å². The fraction of sp³-hybridized carbons (Fsp3) is 0.600. The van der Waals surface area contributed by atoms with Crippen LogP contribution in [0.2, 0.25) is 0 Å². The second-order valence-corrected chi connectivity index (χ2v) is 7.57. The Hall–Kier alpha value is -2.08. The summed E-state index contributed by atoms with van der Waals surface area (Å²) in [6.07, 6.45) is 3.21. The van der Waals surface area contributed by atoms with E-state index in [2.05, 4.69) is 28.2 Å². The predicted octanol–water partition coefficient (Wildman–Crippen LogP) is 1.65. The van der Waals surface area contributed by atoms with Crippen LogP contribution in [-0.2, 0) is 16.0 Å². The van der Waals surface area contributed by atoms with Crippen LogP contribution in [0.1, 0.15) is 25.3 Å². The van der Waals surface area contributed by atoms with Crippen LogP contribution in [-0.4, -0.2) is 62.7 Å². The van der Waals surface area contributed by atoms with Gasteiger partial charge in [-0.2, -0.15) is 0 Å². The molecule has 4 rings (SSSR count). The number of amides is 1. The number of fused-ring (bicyclic) bond motifs is 1. The molecular weight excluding hydrogens is 328 g/mol. The van der Waals surface area contributed by atoms with Gasteiger partial charge in [-0.1, -0.05) is 18.2 Å². The number of guanidine groups is 1. The van der Waals surface area contributed by atoms with E-state index in [0.29, 0.717) is 0 Å².